The van der Waals surface area contributed by atoms with E-state index >= 15 is 0 Å². The Kier molecular flexibility index (Phi) is 8.63. The van der Waals surface area contributed by atoms with Crippen LogP contribution in [0.2, 0.25) is 0 Å². The molecule has 4 heteroatoms. The highest BCUT2D eigenvalue weighted by Gasteiger charge is 1.95. The molecule has 0 aliphatic carbocycles. The largest absolute Gasteiger partial charge is 0.497 e. The zero-order valence-electron chi connectivity index (χ0n) is 12.6. The summed E-state index contributed by atoms with van der Waals surface area (Å²) in [6, 6.07) is 19.0. The van der Waals surface area contributed by atoms with E-state index in [9.17, 15) is 4.79 Å². The molecule has 0 radical (unpaired) electrons. The lowest BCUT2D eigenvalue weighted by Crippen LogP contribution is -2.09. The van der Waals surface area contributed by atoms with Gasteiger partial charge < -0.3 is 14.2 Å². The van der Waals surface area contributed by atoms with E-state index in [1.54, 1.807) is 7.11 Å². The smallest absolute Gasteiger partial charge is 0.330 e. The first-order valence-corrected chi connectivity index (χ1v) is 6.82. The average molecular weight is 300 g/mol. The summed E-state index contributed by atoms with van der Waals surface area (Å²) < 4.78 is 14.9. The molecular formula is C18H20O4. The van der Waals surface area contributed by atoms with Crippen LogP contribution < -0.4 is 9.47 Å². The lowest BCUT2D eigenvalue weighted by molar-refractivity contribution is -0.138. The molecule has 0 saturated heterocycles. The first-order chi connectivity index (χ1) is 10.8. The number of carbonyl (C=O) groups is 1. The van der Waals surface area contributed by atoms with Crippen molar-refractivity contribution in [1.82, 2.24) is 0 Å². The van der Waals surface area contributed by atoms with Crippen molar-refractivity contribution < 1.29 is 19.0 Å². The standard InChI is InChI=1S/C11H12O3.C7H8O/c1-2-11(12)14-9-8-13-10-6-4-3-5-7-10;1-8-7-5-3-2-4-6-7/h2-7H,1,8-9H2;2-6H,1H3. The van der Waals surface area contributed by atoms with Gasteiger partial charge in [-0.2, -0.15) is 0 Å². The van der Waals surface area contributed by atoms with Gasteiger partial charge in [0.1, 0.15) is 24.7 Å². The molecule has 0 bridgehead atoms. The number of methoxy groups -OCH3 is 1. The Balaban J connectivity index is 0.000000255. The molecular weight excluding hydrogens is 280 g/mol. The summed E-state index contributed by atoms with van der Waals surface area (Å²) in [5, 5.41) is 0. The second kappa shape index (κ2) is 11.0. The molecule has 0 spiro atoms. The highest BCUT2D eigenvalue weighted by molar-refractivity contribution is 5.81. The maximum Gasteiger partial charge on any atom is 0.330 e. The molecule has 0 unspecified atom stereocenters. The third-order valence-electron chi connectivity index (χ3n) is 2.49. The van der Waals surface area contributed by atoms with E-state index in [4.69, 9.17) is 14.2 Å². The Bertz CT molecular complexity index is 538. The van der Waals surface area contributed by atoms with Crippen LogP contribution in [0, 0.1) is 0 Å². The third kappa shape index (κ3) is 7.75. The molecule has 22 heavy (non-hydrogen) atoms. The van der Waals surface area contributed by atoms with Gasteiger partial charge in [0.2, 0.25) is 0 Å². The van der Waals surface area contributed by atoms with Crippen LogP contribution in [0.5, 0.6) is 11.5 Å². The van der Waals surface area contributed by atoms with Gasteiger partial charge >= 0.3 is 5.97 Å². The van der Waals surface area contributed by atoms with E-state index in [1.165, 1.54) is 0 Å². The number of benzene rings is 2. The van der Waals surface area contributed by atoms with Crippen molar-refractivity contribution in [2.75, 3.05) is 20.3 Å². The Morgan fingerprint density at radius 3 is 1.95 bits per heavy atom. The molecule has 2 aromatic carbocycles. The Morgan fingerprint density at radius 2 is 1.50 bits per heavy atom. The Morgan fingerprint density at radius 1 is 0.955 bits per heavy atom. The quantitative estimate of drug-likeness (QED) is 0.465. The number of rotatable bonds is 6. The number of esters is 1. The van der Waals surface area contributed by atoms with Gasteiger partial charge in [-0.05, 0) is 24.3 Å². The second-order valence-corrected chi connectivity index (χ2v) is 4.05. The minimum atomic E-state index is -0.429. The van der Waals surface area contributed by atoms with E-state index in [0.29, 0.717) is 6.61 Å². The molecule has 4 nitrogen and oxygen atoms in total. The summed E-state index contributed by atoms with van der Waals surface area (Å²) in [6.07, 6.45) is 1.13. The van der Waals surface area contributed by atoms with Crippen molar-refractivity contribution >= 4 is 5.97 Å². The summed E-state index contributed by atoms with van der Waals surface area (Å²) in [5.74, 6) is 1.25. The zero-order valence-corrected chi connectivity index (χ0v) is 12.6. The highest BCUT2D eigenvalue weighted by atomic mass is 16.6. The Labute approximate surface area is 130 Å². The van der Waals surface area contributed by atoms with E-state index in [-0.39, 0.29) is 6.61 Å². The van der Waals surface area contributed by atoms with Crippen molar-refractivity contribution in [2.24, 2.45) is 0 Å². The van der Waals surface area contributed by atoms with Crippen LogP contribution in [-0.4, -0.2) is 26.3 Å². The van der Waals surface area contributed by atoms with Gasteiger partial charge in [0.25, 0.3) is 0 Å². The van der Waals surface area contributed by atoms with Gasteiger partial charge in [0, 0.05) is 6.08 Å². The minimum absolute atomic E-state index is 0.236. The molecule has 0 heterocycles. The molecule has 0 saturated carbocycles. The average Bonchev–Trinajstić information content (AvgIpc) is 2.60. The van der Waals surface area contributed by atoms with Gasteiger partial charge in [-0.15, -0.1) is 0 Å². The fourth-order valence-electron chi connectivity index (χ4n) is 1.43. The molecule has 2 rings (SSSR count). The Hall–Kier alpha value is -2.75. The predicted octanol–water partition coefficient (Wildman–Crippen LogP) is 3.49. The monoisotopic (exact) mass is 300 g/mol. The summed E-state index contributed by atoms with van der Waals surface area (Å²) in [6.45, 7) is 3.87. The van der Waals surface area contributed by atoms with Crippen molar-refractivity contribution in [2.45, 2.75) is 0 Å². The number of hydrogen-bond donors (Lipinski definition) is 0. The van der Waals surface area contributed by atoms with Crippen LogP contribution in [0.3, 0.4) is 0 Å². The lowest BCUT2D eigenvalue weighted by atomic mass is 10.3. The summed E-state index contributed by atoms with van der Waals surface area (Å²) >= 11 is 0. The van der Waals surface area contributed by atoms with Crippen molar-refractivity contribution in [3.63, 3.8) is 0 Å². The second-order valence-electron chi connectivity index (χ2n) is 4.05. The van der Waals surface area contributed by atoms with Gasteiger partial charge in [-0.25, -0.2) is 4.79 Å². The molecule has 0 fully saturated rings. The molecule has 2 aromatic rings. The highest BCUT2D eigenvalue weighted by Crippen LogP contribution is 2.07. The number of hydrogen-bond acceptors (Lipinski definition) is 4. The molecule has 0 N–H and O–H groups in total. The zero-order chi connectivity index (χ0) is 16.0. The van der Waals surface area contributed by atoms with Crippen LogP contribution in [0.4, 0.5) is 0 Å². The van der Waals surface area contributed by atoms with E-state index in [1.807, 2.05) is 60.7 Å². The molecule has 0 aliphatic heterocycles. The van der Waals surface area contributed by atoms with E-state index in [0.717, 1.165) is 17.6 Å². The van der Waals surface area contributed by atoms with Crippen molar-refractivity contribution in [1.29, 1.82) is 0 Å². The summed E-state index contributed by atoms with van der Waals surface area (Å²) in [7, 11) is 1.66. The van der Waals surface area contributed by atoms with E-state index in [2.05, 4.69) is 6.58 Å². The maximum absolute atomic E-state index is 10.6. The maximum atomic E-state index is 10.6. The molecule has 116 valence electrons. The third-order valence-corrected chi connectivity index (χ3v) is 2.49. The van der Waals surface area contributed by atoms with E-state index < -0.39 is 5.97 Å². The SMILES string of the molecule is C=CC(=O)OCCOc1ccccc1.COc1ccccc1. The van der Waals surface area contributed by atoms with Crippen molar-refractivity contribution in [3.05, 3.63) is 73.3 Å². The van der Waals surface area contributed by atoms with Gasteiger partial charge in [0.05, 0.1) is 7.11 Å². The molecule has 0 atom stereocenters. The fourth-order valence-corrected chi connectivity index (χ4v) is 1.43. The molecule has 0 amide bonds. The van der Waals surface area contributed by atoms with Gasteiger partial charge in [0.15, 0.2) is 0 Å². The minimum Gasteiger partial charge on any atom is -0.497 e. The topological polar surface area (TPSA) is 44.8 Å². The van der Waals surface area contributed by atoms with Crippen LogP contribution in [0.25, 0.3) is 0 Å². The lowest BCUT2D eigenvalue weighted by Gasteiger charge is -2.05. The van der Waals surface area contributed by atoms with Crippen LogP contribution >= 0.6 is 0 Å². The van der Waals surface area contributed by atoms with Crippen molar-refractivity contribution in [3.8, 4) is 11.5 Å². The number of para-hydroxylation sites is 2. The van der Waals surface area contributed by atoms with Crippen LogP contribution in [-0.2, 0) is 9.53 Å². The van der Waals surface area contributed by atoms with Gasteiger partial charge in [-0.1, -0.05) is 43.0 Å². The fraction of sp³-hybridized carbons (Fsp3) is 0.167. The molecule has 0 aliphatic rings. The van der Waals surface area contributed by atoms with Gasteiger partial charge in [-0.3, -0.25) is 0 Å². The summed E-state index contributed by atoms with van der Waals surface area (Å²) in [5.41, 5.74) is 0. The molecule has 0 aromatic heterocycles. The number of carbonyl (C=O) groups excluding carboxylic acids is 1. The first-order valence-electron chi connectivity index (χ1n) is 6.82. The normalized spacial score (nSPS) is 8.95. The summed E-state index contributed by atoms with van der Waals surface area (Å²) in [4.78, 5) is 10.6. The van der Waals surface area contributed by atoms with Crippen LogP contribution in [0.1, 0.15) is 0 Å². The first kappa shape index (κ1) is 17.3. The number of ether oxygens (including phenoxy) is 3. The predicted molar refractivity (Wildman–Crippen MR) is 86.1 cm³/mol. The van der Waals surface area contributed by atoms with Crippen LogP contribution in [0.15, 0.2) is 73.3 Å².